The van der Waals surface area contributed by atoms with Gasteiger partial charge in [-0.25, -0.2) is 0 Å². The molecular formula is C14H17F3N2OS. The van der Waals surface area contributed by atoms with Gasteiger partial charge in [0, 0.05) is 22.5 Å². The Labute approximate surface area is 125 Å². The summed E-state index contributed by atoms with van der Waals surface area (Å²) in [6, 6.07) is 5.71. The van der Waals surface area contributed by atoms with Crippen molar-refractivity contribution in [2.24, 2.45) is 11.7 Å². The zero-order valence-electron chi connectivity index (χ0n) is 11.3. The molecule has 1 saturated carbocycles. The zero-order valence-corrected chi connectivity index (χ0v) is 12.1. The van der Waals surface area contributed by atoms with Gasteiger partial charge >= 0.3 is 5.51 Å². The van der Waals surface area contributed by atoms with Crippen LogP contribution in [0.5, 0.6) is 0 Å². The minimum Gasteiger partial charge on any atom is -0.328 e. The highest BCUT2D eigenvalue weighted by molar-refractivity contribution is 8.00. The van der Waals surface area contributed by atoms with Crippen molar-refractivity contribution in [2.45, 2.75) is 42.1 Å². The van der Waals surface area contributed by atoms with E-state index in [4.69, 9.17) is 5.73 Å². The third kappa shape index (κ3) is 5.24. The van der Waals surface area contributed by atoms with Crippen LogP contribution in [-0.4, -0.2) is 17.5 Å². The van der Waals surface area contributed by atoms with Crippen LogP contribution < -0.4 is 11.1 Å². The summed E-state index contributed by atoms with van der Waals surface area (Å²) in [7, 11) is 0. The van der Waals surface area contributed by atoms with Crippen molar-refractivity contribution in [3.63, 3.8) is 0 Å². The molecule has 0 aromatic heterocycles. The topological polar surface area (TPSA) is 55.1 Å². The number of benzene rings is 1. The fourth-order valence-electron chi connectivity index (χ4n) is 2.45. The van der Waals surface area contributed by atoms with Gasteiger partial charge in [-0.1, -0.05) is 6.42 Å². The Morgan fingerprint density at radius 1 is 1.24 bits per heavy atom. The highest BCUT2D eigenvalue weighted by Crippen LogP contribution is 2.37. The number of hydrogen-bond donors (Lipinski definition) is 2. The summed E-state index contributed by atoms with van der Waals surface area (Å²) in [5.74, 6) is -0.223. The van der Waals surface area contributed by atoms with Gasteiger partial charge in [-0.3, -0.25) is 4.79 Å². The van der Waals surface area contributed by atoms with Crippen LogP contribution in [0.1, 0.15) is 25.7 Å². The number of nitrogens with one attached hydrogen (secondary N) is 1. The van der Waals surface area contributed by atoms with Crippen LogP contribution in [0, 0.1) is 5.92 Å². The molecule has 7 heteroatoms. The largest absolute Gasteiger partial charge is 0.446 e. The molecule has 1 fully saturated rings. The third-order valence-electron chi connectivity index (χ3n) is 3.44. The molecule has 1 aliphatic rings. The van der Waals surface area contributed by atoms with Crippen molar-refractivity contribution in [2.75, 3.05) is 5.32 Å². The van der Waals surface area contributed by atoms with Crippen LogP contribution in [0.3, 0.4) is 0 Å². The van der Waals surface area contributed by atoms with E-state index in [-0.39, 0.29) is 34.5 Å². The van der Waals surface area contributed by atoms with E-state index < -0.39 is 5.51 Å². The Morgan fingerprint density at radius 2 is 1.90 bits per heavy atom. The van der Waals surface area contributed by atoms with E-state index >= 15 is 0 Å². The number of carbonyl (C=O) groups is 1. The number of hydrogen-bond acceptors (Lipinski definition) is 3. The van der Waals surface area contributed by atoms with E-state index in [0.717, 1.165) is 19.3 Å². The molecule has 0 saturated heterocycles. The molecule has 2 atom stereocenters. The van der Waals surface area contributed by atoms with E-state index in [1.54, 1.807) is 0 Å². The predicted octanol–water partition coefficient (Wildman–Crippen LogP) is 3.75. The summed E-state index contributed by atoms with van der Waals surface area (Å²) in [6.45, 7) is 0. The lowest BCUT2D eigenvalue weighted by Crippen LogP contribution is -2.34. The van der Waals surface area contributed by atoms with Crippen LogP contribution in [0.2, 0.25) is 0 Å². The second-order valence-corrected chi connectivity index (χ2v) is 6.32. The van der Waals surface area contributed by atoms with E-state index in [1.807, 2.05) is 0 Å². The van der Waals surface area contributed by atoms with Gasteiger partial charge in [-0.05, 0) is 55.3 Å². The van der Waals surface area contributed by atoms with Crippen molar-refractivity contribution in [1.29, 1.82) is 0 Å². The lowest BCUT2D eigenvalue weighted by Gasteiger charge is -2.25. The monoisotopic (exact) mass is 318 g/mol. The van der Waals surface area contributed by atoms with Gasteiger partial charge in [0.1, 0.15) is 0 Å². The van der Waals surface area contributed by atoms with Crippen molar-refractivity contribution in [1.82, 2.24) is 0 Å². The molecule has 0 radical (unpaired) electrons. The summed E-state index contributed by atoms with van der Waals surface area (Å²) in [5.41, 5.74) is 2.05. The van der Waals surface area contributed by atoms with Crippen LogP contribution in [0.25, 0.3) is 0 Å². The summed E-state index contributed by atoms with van der Waals surface area (Å²) < 4.78 is 36.6. The average molecular weight is 318 g/mol. The second kappa shape index (κ2) is 6.70. The summed E-state index contributed by atoms with van der Waals surface area (Å²) in [6.07, 6.45) is 3.34. The molecule has 0 spiro atoms. The molecule has 3 nitrogen and oxygen atoms in total. The number of halogens is 3. The SMILES string of the molecule is NC1CCCC(C(=O)Nc2ccc(SC(F)(F)F)cc2)C1. The molecule has 2 rings (SSSR count). The summed E-state index contributed by atoms with van der Waals surface area (Å²) in [5, 5.41) is 2.74. The Kier molecular flexibility index (Phi) is 5.16. The second-order valence-electron chi connectivity index (χ2n) is 5.19. The first-order valence-corrected chi connectivity index (χ1v) is 7.57. The Balaban J connectivity index is 1.92. The first kappa shape index (κ1) is 16.2. The molecule has 2 unspecified atom stereocenters. The third-order valence-corrected chi connectivity index (χ3v) is 4.18. The smallest absolute Gasteiger partial charge is 0.328 e. The molecule has 21 heavy (non-hydrogen) atoms. The molecule has 1 aromatic rings. The standard InChI is InChI=1S/C14H17F3N2OS/c15-14(16,17)21-12-6-4-11(5-7-12)19-13(20)9-2-1-3-10(18)8-9/h4-7,9-10H,1-3,8,18H2,(H,19,20). The predicted molar refractivity (Wildman–Crippen MR) is 76.9 cm³/mol. The Morgan fingerprint density at radius 3 is 2.48 bits per heavy atom. The first-order chi connectivity index (χ1) is 9.83. The maximum absolute atomic E-state index is 12.2. The fourth-order valence-corrected chi connectivity index (χ4v) is 2.99. The molecular weight excluding hydrogens is 301 g/mol. The number of carbonyl (C=O) groups excluding carboxylic acids is 1. The molecule has 1 amide bonds. The molecule has 3 N–H and O–H groups in total. The fraction of sp³-hybridized carbons (Fsp3) is 0.500. The van der Waals surface area contributed by atoms with Crippen molar-refractivity contribution < 1.29 is 18.0 Å². The molecule has 116 valence electrons. The van der Waals surface area contributed by atoms with Crippen molar-refractivity contribution in [3.05, 3.63) is 24.3 Å². The van der Waals surface area contributed by atoms with E-state index in [0.29, 0.717) is 12.1 Å². The molecule has 1 aliphatic carbocycles. The number of thioether (sulfide) groups is 1. The Bertz CT molecular complexity index is 490. The number of amides is 1. The highest BCUT2D eigenvalue weighted by Gasteiger charge is 2.29. The number of anilines is 1. The first-order valence-electron chi connectivity index (χ1n) is 6.76. The molecule has 0 bridgehead atoms. The van der Waals surface area contributed by atoms with Crippen LogP contribution in [0.4, 0.5) is 18.9 Å². The van der Waals surface area contributed by atoms with Gasteiger partial charge in [0.05, 0.1) is 0 Å². The van der Waals surface area contributed by atoms with Crippen molar-refractivity contribution >= 4 is 23.4 Å². The maximum atomic E-state index is 12.2. The number of rotatable bonds is 3. The van der Waals surface area contributed by atoms with Gasteiger partial charge in [0.2, 0.25) is 5.91 Å². The average Bonchev–Trinajstić information content (AvgIpc) is 2.39. The summed E-state index contributed by atoms with van der Waals surface area (Å²) in [4.78, 5) is 12.2. The van der Waals surface area contributed by atoms with Crippen LogP contribution >= 0.6 is 11.8 Å². The normalized spacial score (nSPS) is 22.9. The van der Waals surface area contributed by atoms with Crippen LogP contribution in [-0.2, 0) is 4.79 Å². The summed E-state index contributed by atoms with van der Waals surface area (Å²) >= 11 is -0.173. The maximum Gasteiger partial charge on any atom is 0.446 e. The molecule has 1 aromatic carbocycles. The molecule has 0 aliphatic heterocycles. The van der Waals surface area contributed by atoms with Crippen molar-refractivity contribution in [3.8, 4) is 0 Å². The van der Waals surface area contributed by atoms with E-state index in [9.17, 15) is 18.0 Å². The quantitative estimate of drug-likeness (QED) is 0.835. The van der Waals surface area contributed by atoms with Crippen LogP contribution in [0.15, 0.2) is 29.2 Å². The number of alkyl halides is 3. The van der Waals surface area contributed by atoms with Gasteiger partial charge in [-0.15, -0.1) is 0 Å². The lowest BCUT2D eigenvalue weighted by molar-refractivity contribution is -0.120. The van der Waals surface area contributed by atoms with E-state index in [1.165, 1.54) is 24.3 Å². The Hall–Kier alpha value is -1.21. The number of nitrogens with two attached hydrogens (primary N) is 1. The van der Waals surface area contributed by atoms with Gasteiger partial charge in [0.25, 0.3) is 0 Å². The minimum atomic E-state index is -4.30. The lowest BCUT2D eigenvalue weighted by atomic mass is 9.85. The highest BCUT2D eigenvalue weighted by atomic mass is 32.2. The van der Waals surface area contributed by atoms with Gasteiger partial charge < -0.3 is 11.1 Å². The molecule has 0 heterocycles. The van der Waals surface area contributed by atoms with Gasteiger partial charge in [0.15, 0.2) is 0 Å². The minimum absolute atomic E-state index is 0.0556. The zero-order chi connectivity index (χ0) is 15.5. The van der Waals surface area contributed by atoms with Gasteiger partial charge in [-0.2, -0.15) is 13.2 Å². The van der Waals surface area contributed by atoms with E-state index in [2.05, 4.69) is 5.32 Å².